The number of sulfone groups is 1. The lowest BCUT2D eigenvalue weighted by Crippen LogP contribution is -2.52. The smallest absolute Gasteiger partial charge is 0.255 e. The number of hydrogen-bond acceptors (Lipinski definition) is 13. The largest absolute Gasteiger partial charge is 0.492 e. The maximum absolute atomic E-state index is 13.9. The summed E-state index contributed by atoms with van der Waals surface area (Å²) >= 11 is 0. The Morgan fingerprint density at radius 3 is 2.41 bits per heavy atom. The van der Waals surface area contributed by atoms with E-state index in [1.54, 1.807) is 37.8 Å². The predicted octanol–water partition coefficient (Wildman–Crippen LogP) is 4.08. The molecule has 0 spiro atoms. The van der Waals surface area contributed by atoms with Gasteiger partial charge in [0.05, 0.1) is 23.5 Å². The molecule has 0 saturated carbocycles. The number of fused-ring (bicyclic) bond motifs is 2. The van der Waals surface area contributed by atoms with Gasteiger partial charge in [-0.2, -0.15) is 5.10 Å². The van der Waals surface area contributed by atoms with Crippen LogP contribution in [0, 0.1) is 13.8 Å². The van der Waals surface area contributed by atoms with Gasteiger partial charge in [0.15, 0.2) is 15.7 Å². The second-order valence-electron chi connectivity index (χ2n) is 16.5. The molecule has 2 fully saturated rings. The lowest BCUT2D eigenvalue weighted by Gasteiger charge is -2.34. The third-order valence-corrected chi connectivity index (χ3v) is 14.1. The lowest BCUT2D eigenvalue weighted by atomic mass is 10.00. The van der Waals surface area contributed by atoms with Gasteiger partial charge in [-0.15, -0.1) is 0 Å². The minimum Gasteiger partial charge on any atom is -0.492 e. The fraction of sp³-hybridized carbons (Fsp3) is 0.524. The summed E-state index contributed by atoms with van der Waals surface area (Å²) in [7, 11) is -3.78. The van der Waals surface area contributed by atoms with Gasteiger partial charge in [-0.3, -0.25) is 29.7 Å². The van der Waals surface area contributed by atoms with Crippen molar-refractivity contribution in [1.82, 2.24) is 40.2 Å². The molecule has 4 aromatic rings. The summed E-state index contributed by atoms with van der Waals surface area (Å²) in [6, 6.07) is 8.44. The van der Waals surface area contributed by atoms with E-state index in [9.17, 15) is 22.8 Å². The average molecular weight is 830 g/mol. The Balaban J connectivity index is 0.840. The number of imide groups is 1. The molecule has 1 atom stereocenters. The van der Waals surface area contributed by atoms with E-state index in [1.165, 1.54) is 6.33 Å². The van der Waals surface area contributed by atoms with E-state index in [2.05, 4.69) is 40.6 Å². The number of aromatic nitrogens is 4. The summed E-state index contributed by atoms with van der Waals surface area (Å²) in [5, 5.41) is 13.4. The molecule has 3 aliphatic rings. The second kappa shape index (κ2) is 17.7. The van der Waals surface area contributed by atoms with Gasteiger partial charge in [0, 0.05) is 87.1 Å². The van der Waals surface area contributed by atoms with Crippen molar-refractivity contribution >= 4 is 50.1 Å². The predicted molar refractivity (Wildman–Crippen MR) is 222 cm³/mol. The van der Waals surface area contributed by atoms with Crippen molar-refractivity contribution in [1.29, 1.82) is 0 Å². The third kappa shape index (κ3) is 9.27. The van der Waals surface area contributed by atoms with Gasteiger partial charge < -0.3 is 24.6 Å². The summed E-state index contributed by atoms with van der Waals surface area (Å²) in [4.78, 5) is 52.6. The molecule has 3 aliphatic heterocycles. The molecule has 2 aromatic heterocycles. The summed E-state index contributed by atoms with van der Waals surface area (Å²) in [5.74, 6) is 0.513. The number of ether oxygens (including phenoxy) is 2. The van der Waals surface area contributed by atoms with E-state index in [4.69, 9.17) is 9.47 Å². The highest BCUT2D eigenvalue weighted by Gasteiger charge is 2.40. The Labute approximate surface area is 345 Å². The van der Waals surface area contributed by atoms with Crippen LogP contribution in [-0.2, 0) is 37.1 Å². The number of nitrogens with one attached hydrogen (secondary N) is 3. The van der Waals surface area contributed by atoms with Crippen molar-refractivity contribution in [3.63, 3.8) is 0 Å². The normalized spacial score (nSPS) is 18.1. The first-order valence-electron chi connectivity index (χ1n) is 20.4. The van der Waals surface area contributed by atoms with Crippen LogP contribution in [0.5, 0.6) is 5.75 Å². The van der Waals surface area contributed by atoms with E-state index in [-0.39, 0.29) is 28.9 Å². The molecule has 59 heavy (non-hydrogen) atoms. The molecule has 7 rings (SSSR count). The minimum atomic E-state index is -3.78. The second-order valence-corrected chi connectivity index (χ2v) is 19.2. The molecule has 3 amide bonds. The fourth-order valence-corrected chi connectivity index (χ4v) is 9.10. The van der Waals surface area contributed by atoms with Crippen LogP contribution in [0.4, 0.5) is 11.6 Å². The topological polar surface area (TPSA) is 192 Å². The van der Waals surface area contributed by atoms with E-state index in [1.807, 2.05) is 32.0 Å². The Morgan fingerprint density at radius 1 is 0.932 bits per heavy atom. The highest BCUT2D eigenvalue weighted by Crippen LogP contribution is 2.37. The quantitative estimate of drug-likeness (QED) is 0.108. The molecular weight excluding hydrogens is 775 g/mol. The molecule has 17 heteroatoms. The monoisotopic (exact) mass is 829 g/mol. The van der Waals surface area contributed by atoms with Crippen molar-refractivity contribution in [2.24, 2.45) is 0 Å². The van der Waals surface area contributed by atoms with Crippen LogP contribution in [0.1, 0.15) is 79.2 Å². The highest BCUT2D eigenvalue weighted by molar-refractivity contribution is 7.92. The number of hydrogen-bond donors (Lipinski definition) is 3. The van der Waals surface area contributed by atoms with Crippen molar-refractivity contribution in [2.45, 2.75) is 89.0 Å². The van der Waals surface area contributed by atoms with Gasteiger partial charge in [-0.25, -0.2) is 18.4 Å². The Morgan fingerprint density at radius 2 is 1.69 bits per heavy atom. The van der Waals surface area contributed by atoms with Gasteiger partial charge in [0.2, 0.25) is 11.8 Å². The maximum atomic E-state index is 13.9. The van der Waals surface area contributed by atoms with E-state index in [0.717, 1.165) is 80.9 Å². The number of aromatic amines is 1. The number of aryl methyl sites for hydroxylation is 2. The third-order valence-electron chi connectivity index (χ3n) is 11.6. The number of H-pyrrole nitrogens is 1. The zero-order valence-corrected chi connectivity index (χ0v) is 35.4. The number of piperazine rings is 1. The molecule has 3 N–H and O–H groups in total. The van der Waals surface area contributed by atoms with Crippen molar-refractivity contribution in [3.8, 4) is 5.75 Å². The lowest BCUT2D eigenvalue weighted by molar-refractivity contribution is -0.136. The van der Waals surface area contributed by atoms with Gasteiger partial charge >= 0.3 is 0 Å². The zero-order valence-electron chi connectivity index (χ0n) is 34.6. The van der Waals surface area contributed by atoms with Crippen LogP contribution >= 0.6 is 0 Å². The molecule has 0 bridgehead atoms. The van der Waals surface area contributed by atoms with Crippen LogP contribution in [0.2, 0.25) is 0 Å². The molecule has 5 heterocycles. The first-order chi connectivity index (χ1) is 28.2. The first-order valence-corrected chi connectivity index (χ1v) is 21.9. The molecule has 2 aromatic carbocycles. The van der Waals surface area contributed by atoms with Crippen LogP contribution < -0.4 is 15.4 Å². The average Bonchev–Trinajstić information content (AvgIpc) is 3.71. The Hall–Kier alpha value is -4.97. The van der Waals surface area contributed by atoms with Gasteiger partial charge in [-0.1, -0.05) is 12.1 Å². The summed E-state index contributed by atoms with van der Waals surface area (Å²) in [6.07, 6.45) is 4.35. The molecular formula is C42H55N9O7S. The molecule has 16 nitrogen and oxygen atoms in total. The maximum Gasteiger partial charge on any atom is 0.255 e. The van der Waals surface area contributed by atoms with Crippen molar-refractivity contribution in [3.05, 3.63) is 64.6 Å². The molecule has 316 valence electrons. The van der Waals surface area contributed by atoms with E-state index < -0.39 is 26.5 Å². The fourth-order valence-electron chi connectivity index (χ4n) is 7.79. The number of carbonyl (C=O) groups excluding carboxylic acids is 3. The van der Waals surface area contributed by atoms with Gasteiger partial charge in [0.25, 0.3) is 5.91 Å². The first kappa shape index (κ1) is 42.2. The van der Waals surface area contributed by atoms with Gasteiger partial charge in [-0.05, 0) is 83.6 Å². The SMILES string of the molecule is Cc1[nH]nc(Nc2ncnc3cc(OCCCN4CCN(CCOCCCc5cccc6c5CN(C5CCC(=O)NC5=O)C6=O)CC4)c(S(=O)(=O)C(C)(C)C)cc23)c1C. The standard InChI is InChI=1S/C42H55N9O7S/c1-27-28(2)47-48-38(27)46-39-31-23-36(59(55,56)42(3,4)5)35(24-33(31)43-26-44-39)58-21-8-14-49-15-17-50(18-16-49)19-22-57-20-7-10-29-9-6-11-30-32(29)25-51(41(30)54)34-12-13-37(52)45-40(34)53/h6,9,11,23-24,26,34H,7-8,10,12-22,25H2,1-5H3,(H,45,52,53)(H2,43,44,46,47,48). The number of benzene rings is 2. The van der Waals surface area contributed by atoms with Crippen molar-refractivity contribution < 1.29 is 32.3 Å². The zero-order chi connectivity index (χ0) is 41.9. The van der Waals surface area contributed by atoms with Crippen LogP contribution in [0.15, 0.2) is 41.6 Å². The van der Waals surface area contributed by atoms with E-state index >= 15 is 0 Å². The Kier molecular flexibility index (Phi) is 12.7. The minimum absolute atomic E-state index is 0.111. The molecule has 2 saturated heterocycles. The number of carbonyl (C=O) groups is 3. The summed E-state index contributed by atoms with van der Waals surface area (Å²) < 4.78 is 38.9. The molecule has 0 aliphatic carbocycles. The van der Waals surface area contributed by atoms with Crippen LogP contribution in [0.3, 0.4) is 0 Å². The van der Waals surface area contributed by atoms with E-state index in [0.29, 0.717) is 60.9 Å². The number of amides is 3. The molecule has 1 unspecified atom stereocenters. The van der Waals surface area contributed by atoms with Crippen LogP contribution in [0.25, 0.3) is 10.9 Å². The highest BCUT2D eigenvalue weighted by atomic mass is 32.2. The molecule has 0 radical (unpaired) electrons. The van der Waals surface area contributed by atoms with Crippen molar-refractivity contribution in [2.75, 3.05) is 64.4 Å². The van der Waals surface area contributed by atoms with Crippen LogP contribution in [-0.4, -0.2) is 131 Å². The number of rotatable bonds is 16. The summed E-state index contributed by atoms with van der Waals surface area (Å²) in [6.45, 7) is 16.3. The van der Waals surface area contributed by atoms with Gasteiger partial charge in [0.1, 0.15) is 28.8 Å². The Bertz CT molecular complexity index is 2320. The number of anilines is 2. The number of nitrogens with zero attached hydrogens (tertiary/aromatic N) is 6. The summed E-state index contributed by atoms with van der Waals surface area (Å²) in [5.41, 5.74) is 5.12. The number of piperidine rings is 1.